The van der Waals surface area contributed by atoms with E-state index in [0.717, 1.165) is 0 Å². The van der Waals surface area contributed by atoms with Crippen molar-refractivity contribution in [3.63, 3.8) is 0 Å². The van der Waals surface area contributed by atoms with Crippen LogP contribution in [0.2, 0.25) is 5.02 Å². The van der Waals surface area contributed by atoms with Crippen molar-refractivity contribution in [3.8, 4) is 5.75 Å². The van der Waals surface area contributed by atoms with E-state index in [9.17, 15) is 4.79 Å². The Hall–Kier alpha value is -0.740. The van der Waals surface area contributed by atoms with Crippen molar-refractivity contribution in [1.29, 1.82) is 0 Å². The fourth-order valence-electron chi connectivity index (χ4n) is 1.39. The predicted molar refractivity (Wildman–Crippen MR) is 78.8 cm³/mol. The minimum absolute atomic E-state index is 0.104. The minimum Gasteiger partial charge on any atom is -0.492 e. The number of anilines is 1. The van der Waals surface area contributed by atoms with Gasteiger partial charge in [-0.3, -0.25) is 4.79 Å². The van der Waals surface area contributed by atoms with E-state index >= 15 is 0 Å². The molecule has 1 atom stereocenters. The average molecular weight is 335 g/mol. The molecule has 0 aromatic heterocycles. The molecular formula is C13H17BrClNO2. The molecule has 0 spiro atoms. The van der Waals surface area contributed by atoms with E-state index in [1.54, 1.807) is 18.2 Å². The summed E-state index contributed by atoms with van der Waals surface area (Å²) in [5, 5.41) is 3.38. The summed E-state index contributed by atoms with van der Waals surface area (Å²) in [6, 6.07) is 5.17. The Balaban J connectivity index is 2.88. The SMILES string of the molecule is CCOc1ccc(Cl)cc1NC(=O)C(Br)C(C)C. The third-order valence-electron chi connectivity index (χ3n) is 2.34. The molecule has 0 aliphatic heterocycles. The maximum Gasteiger partial charge on any atom is 0.238 e. The molecule has 1 unspecified atom stereocenters. The second-order valence-electron chi connectivity index (χ2n) is 4.21. The molecule has 0 fully saturated rings. The number of halogens is 2. The summed E-state index contributed by atoms with van der Waals surface area (Å²) in [4.78, 5) is 11.7. The molecule has 0 saturated carbocycles. The number of alkyl halides is 1. The standard InChI is InChI=1S/C13H17BrClNO2/c1-4-18-11-6-5-9(15)7-10(11)16-13(17)12(14)8(2)3/h5-8,12H,4H2,1-3H3,(H,16,17). The Labute approximate surface area is 121 Å². The Morgan fingerprint density at radius 1 is 1.50 bits per heavy atom. The van der Waals surface area contributed by atoms with Crippen LogP contribution in [0.5, 0.6) is 5.75 Å². The monoisotopic (exact) mass is 333 g/mol. The van der Waals surface area contributed by atoms with Crippen LogP contribution in [0.15, 0.2) is 18.2 Å². The van der Waals surface area contributed by atoms with E-state index in [2.05, 4.69) is 21.2 Å². The Bertz CT molecular complexity index is 423. The number of nitrogens with one attached hydrogen (secondary N) is 1. The van der Waals surface area contributed by atoms with E-state index < -0.39 is 0 Å². The molecule has 1 N–H and O–H groups in total. The van der Waals surface area contributed by atoms with Gasteiger partial charge in [-0.05, 0) is 31.0 Å². The predicted octanol–water partition coefficient (Wildman–Crippen LogP) is 4.10. The Kier molecular flexibility index (Phi) is 5.96. The van der Waals surface area contributed by atoms with Gasteiger partial charge >= 0.3 is 0 Å². The highest BCUT2D eigenvalue weighted by Gasteiger charge is 2.19. The van der Waals surface area contributed by atoms with Crippen LogP contribution in [0.25, 0.3) is 0 Å². The summed E-state index contributed by atoms with van der Waals surface area (Å²) in [6.07, 6.45) is 0. The Morgan fingerprint density at radius 2 is 2.17 bits per heavy atom. The van der Waals surface area contributed by atoms with Gasteiger partial charge in [0.15, 0.2) is 0 Å². The second kappa shape index (κ2) is 7.00. The van der Waals surface area contributed by atoms with Crippen LogP contribution >= 0.6 is 27.5 Å². The van der Waals surface area contributed by atoms with E-state index in [-0.39, 0.29) is 16.7 Å². The van der Waals surface area contributed by atoms with Gasteiger partial charge in [0.25, 0.3) is 0 Å². The smallest absolute Gasteiger partial charge is 0.238 e. The molecule has 18 heavy (non-hydrogen) atoms. The molecular weight excluding hydrogens is 318 g/mol. The van der Waals surface area contributed by atoms with Gasteiger partial charge in [-0.1, -0.05) is 41.4 Å². The third kappa shape index (κ3) is 4.18. The van der Waals surface area contributed by atoms with E-state index in [1.807, 2.05) is 20.8 Å². The first kappa shape index (κ1) is 15.3. The van der Waals surface area contributed by atoms with Crippen molar-refractivity contribution in [2.75, 3.05) is 11.9 Å². The van der Waals surface area contributed by atoms with Gasteiger partial charge in [0.1, 0.15) is 5.75 Å². The number of ether oxygens (including phenoxy) is 1. The van der Waals surface area contributed by atoms with Crippen molar-refractivity contribution in [2.45, 2.75) is 25.6 Å². The lowest BCUT2D eigenvalue weighted by atomic mass is 10.1. The van der Waals surface area contributed by atoms with Gasteiger partial charge in [0.05, 0.1) is 17.1 Å². The molecule has 0 bridgehead atoms. The van der Waals surface area contributed by atoms with Gasteiger partial charge in [0.2, 0.25) is 5.91 Å². The van der Waals surface area contributed by atoms with Gasteiger partial charge in [-0.15, -0.1) is 0 Å². The van der Waals surface area contributed by atoms with Crippen molar-refractivity contribution >= 4 is 39.1 Å². The molecule has 0 aliphatic rings. The lowest BCUT2D eigenvalue weighted by molar-refractivity contribution is -0.116. The maximum atomic E-state index is 12.0. The van der Waals surface area contributed by atoms with Crippen LogP contribution in [-0.2, 0) is 4.79 Å². The largest absolute Gasteiger partial charge is 0.492 e. The first-order chi connectivity index (χ1) is 8.45. The zero-order valence-electron chi connectivity index (χ0n) is 10.7. The molecule has 1 amide bonds. The van der Waals surface area contributed by atoms with Crippen LogP contribution < -0.4 is 10.1 Å². The topological polar surface area (TPSA) is 38.3 Å². The van der Waals surface area contributed by atoms with Crippen molar-refractivity contribution in [1.82, 2.24) is 0 Å². The summed E-state index contributed by atoms with van der Waals surface area (Å²) in [5.74, 6) is 0.728. The van der Waals surface area contributed by atoms with Crippen LogP contribution in [0.1, 0.15) is 20.8 Å². The number of hydrogen-bond acceptors (Lipinski definition) is 2. The van der Waals surface area contributed by atoms with Crippen molar-refractivity contribution in [3.05, 3.63) is 23.2 Å². The number of benzene rings is 1. The van der Waals surface area contributed by atoms with E-state index in [4.69, 9.17) is 16.3 Å². The highest BCUT2D eigenvalue weighted by molar-refractivity contribution is 9.10. The maximum absolute atomic E-state index is 12.0. The molecule has 5 heteroatoms. The number of hydrogen-bond donors (Lipinski definition) is 1. The highest BCUT2D eigenvalue weighted by atomic mass is 79.9. The van der Waals surface area contributed by atoms with Gasteiger partial charge in [-0.2, -0.15) is 0 Å². The highest BCUT2D eigenvalue weighted by Crippen LogP contribution is 2.29. The molecule has 0 heterocycles. The number of carbonyl (C=O) groups excluding carboxylic acids is 1. The molecule has 1 rings (SSSR count). The molecule has 1 aromatic carbocycles. The van der Waals surface area contributed by atoms with Crippen molar-refractivity contribution < 1.29 is 9.53 Å². The van der Waals surface area contributed by atoms with Gasteiger partial charge in [0, 0.05) is 5.02 Å². The number of amides is 1. The third-order valence-corrected chi connectivity index (χ3v) is 4.04. The van der Waals surface area contributed by atoms with Gasteiger partial charge in [-0.25, -0.2) is 0 Å². The Morgan fingerprint density at radius 3 is 2.72 bits per heavy atom. The lowest BCUT2D eigenvalue weighted by Crippen LogP contribution is -2.27. The summed E-state index contributed by atoms with van der Waals surface area (Å²) in [7, 11) is 0. The summed E-state index contributed by atoms with van der Waals surface area (Å²) in [5.41, 5.74) is 0.597. The molecule has 3 nitrogen and oxygen atoms in total. The fraction of sp³-hybridized carbons (Fsp3) is 0.462. The molecule has 0 saturated heterocycles. The van der Waals surface area contributed by atoms with E-state index in [1.165, 1.54) is 0 Å². The zero-order valence-corrected chi connectivity index (χ0v) is 13.0. The first-order valence-corrected chi connectivity index (χ1v) is 7.12. The average Bonchev–Trinajstić information content (AvgIpc) is 2.31. The molecule has 0 aliphatic carbocycles. The van der Waals surface area contributed by atoms with Crippen molar-refractivity contribution in [2.24, 2.45) is 5.92 Å². The van der Waals surface area contributed by atoms with E-state index in [0.29, 0.717) is 23.1 Å². The summed E-state index contributed by atoms with van der Waals surface area (Å²) >= 11 is 9.29. The summed E-state index contributed by atoms with van der Waals surface area (Å²) in [6.45, 7) is 6.37. The normalized spacial score (nSPS) is 12.3. The number of carbonyl (C=O) groups is 1. The molecule has 0 radical (unpaired) electrons. The lowest BCUT2D eigenvalue weighted by Gasteiger charge is -2.16. The fourth-order valence-corrected chi connectivity index (χ4v) is 1.67. The van der Waals surface area contributed by atoms with Crippen LogP contribution in [0.3, 0.4) is 0 Å². The molecule has 100 valence electrons. The quantitative estimate of drug-likeness (QED) is 0.823. The van der Waals surface area contributed by atoms with Crippen LogP contribution in [0.4, 0.5) is 5.69 Å². The molecule has 1 aromatic rings. The van der Waals surface area contributed by atoms with Gasteiger partial charge < -0.3 is 10.1 Å². The minimum atomic E-state index is -0.244. The first-order valence-electron chi connectivity index (χ1n) is 5.83. The number of rotatable bonds is 5. The van der Waals surface area contributed by atoms with Crippen LogP contribution in [-0.4, -0.2) is 17.3 Å². The zero-order chi connectivity index (χ0) is 13.7. The summed E-state index contributed by atoms with van der Waals surface area (Å²) < 4.78 is 5.44. The van der Waals surface area contributed by atoms with Crippen LogP contribution in [0, 0.1) is 5.92 Å². The second-order valence-corrected chi connectivity index (χ2v) is 5.63.